The topological polar surface area (TPSA) is 62.1 Å². The molecule has 2 aromatic heterocycles. The number of furan rings is 1. The Kier molecular flexibility index (Phi) is 3.96. The summed E-state index contributed by atoms with van der Waals surface area (Å²) in [6.07, 6.45) is 2.25. The number of halogens is 1. The largest absolute Gasteiger partial charge is 0.461 e. The first-order chi connectivity index (χ1) is 11.7. The van der Waals surface area contributed by atoms with E-state index in [4.69, 9.17) is 16.0 Å². The van der Waals surface area contributed by atoms with Crippen LogP contribution in [0.5, 0.6) is 0 Å². The van der Waals surface area contributed by atoms with E-state index >= 15 is 0 Å². The average molecular weight is 342 g/mol. The second kappa shape index (κ2) is 6.26. The zero-order chi connectivity index (χ0) is 16.5. The van der Waals surface area contributed by atoms with Gasteiger partial charge in [0.15, 0.2) is 11.6 Å². The van der Waals surface area contributed by atoms with Crippen molar-refractivity contribution in [3.8, 4) is 11.6 Å². The fourth-order valence-corrected chi connectivity index (χ4v) is 3.22. The molecule has 0 fully saturated rings. The molecule has 3 aromatic rings. The van der Waals surface area contributed by atoms with Gasteiger partial charge in [-0.1, -0.05) is 29.8 Å². The smallest absolute Gasteiger partial charge is 0.254 e. The highest BCUT2D eigenvalue weighted by molar-refractivity contribution is 6.31. The number of nitrogens with one attached hydrogen (secondary N) is 1. The maximum atomic E-state index is 12.3. The molecular formula is C18H16ClN3O2. The van der Waals surface area contributed by atoms with Gasteiger partial charge in [-0.05, 0) is 30.2 Å². The first-order valence-electron chi connectivity index (χ1n) is 7.82. The normalized spacial score (nSPS) is 14.5. The van der Waals surface area contributed by atoms with Gasteiger partial charge in [0, 0.05) is 30.2 Å². The number of benzene rings is 1. The predicted molar refractivity (Wildman–Crippen MR) is 91.8 cm³/mol. The van der Waals surface area contributed by atoms with Gasteiger partial charge in [0.1, 0.15) is 0 Å². The predicted octanol–water partition coefficient (Wildman–Crippen LogP) is 3.24. The van der Waals surface area contributed by atoms with Crippen molar-refractivity contribution in [2.24, 2.45) is 0 Å². The number of hydrogen-bond donors (Lipinski definition) is 1. The number of hydrogen-bond acceptors (Lipinski definition) is 4. The molecular weight excluding hydrogens is 326 g/mol. The molecule has 0 atom stereocenters. The summed E-state index contributed by atoms with van der Waals surface area (Å²) < 4.78 is 5.34. The Labute approximate surface area is 143 Å². The van der Waals surface area contributed by atoms with E-state index in [0.29, 0.717) is 24.6 Å². The van der Waals surface area contributed by atoms with Crippen LogP contribution in [0.2, 0.25) is 5.02 Å². The maximum Gasteiger partial charge on any atom is 0.254 e. The van der Waals surface area contributed by atoms with E-state index in [1.807, 2.05) is 24.3 Å². The molecule has 0 unspecified atom stereocenters. The summed E-state index contributed by atoms with van der Waals surface area (Å²) in [5, 5.41) is 0.762. The van der Waals surface area contributed by atoms with Crippen LogP contribution in [0.15, 0.2) is 51.9 Å². The minimum atomic E-state index is -0.0798. The molecule has 3 heterocycles. The van der Waals surface area contributed by atoms with Gasteiger partial charge in [-0.25, -0.2) is 4.98 Å². The summed E-state index contributed by atoms with van der Waals surface area (Å²) in [6, 6.07) is 11.4. The molecule has 0 aliphatic carbocycles. The molecule has 1 aromatic carbocycles. The van der Waals surface area contributed by atoms with Crippen molar-refractivity contribution in [2.45, 2.75) is 19.5 Å². The second-order valence-electron chi connectivity index (χ2n) is 5.87. The number of nitrogens with zero attached hydrogens (tertiary/aromatic N) is 2. The van der Waals surface area contributed by atoms with Crippen LogP contribution >= 0.6 is 11.6 Å². The molecule has 1 aliphatic rings. The Morgan fingerprint density at radius 2 is 2.12 bits per heavy atom. The van der Waals surface area contributed by atoms with Gasteiger partial charge in [-0.3, -0.25) is 9.69 Å². The van der Waals surface area contributed by atoms with E-state index in [0.717, 1.165) is 34.9 Å². The molecule has 6 heteroatoms. The van der Waals surface area contributed by atoms with E-state index < -0.39 is 0 Å². The van der Waals surface area contributed by atoms with Gasteiger partial charge >= 0.3 is 0 Å². The molecule has 1 aliphatic heterocycles. The lowest BCUT2D eigenvalue weighted by Crippen LogP contribution is -2.35. The van der Waals surface area contributed by atoms with Crippen LogP contribution in [0.4, 0.5) is 0 Å². The van der Waals surface area contributed by atoms with Crippen molar-refractivity contribution in [1.82, 2.24) is 14.9 Å². The molecule has 0 amide bonds. The number of H-pyrrole nitrogens is 1. The third-order valence-electron chi connectivity index (χ3n) is 4.26. The third kappa shape index (κ3) is 2.88. The Bertz CT molecular complexity index is 918. The van der Waals surface area contributed by atoms with Gasteiger partial charge in [-0.15, -0.1) is 0 Å². The van der Waals surface area contributed by atoms with E-state index in [9.17, 15) is 4.79 Å². The standard InChI is InChI=1S/C18H16ClN3O2/c19-14-5-2-1-4-12(14)10-22-8-7-13-15(11-22)20-17(21-18(13)23)16-6-3-9-24-16/h1-6,9H,7-8,10-11H2,(H,20,21,23). The highest BCUT2D eigenvalue weighted by Crippen LogP contribution is 2.22. The summed E-state index contributed by atoms with van der Waals surface area (Å²) in [5.74, 6) is 1.04. The lowest BCUT2D eigenvalue weighted by atomic mass is 10.1. The maximum absolute atomic E-state index is 12.3. The highest BCUT2D eigenvalue weighted by atomic mass is 35.5. The van der Waals surface area contributed by atoms with Gasteiger partial charge < -0.3 is 9.40 Å². The number of aromatic nitrogens is 2. The quantitative estimate of drug-likeness (QED) is 0.794. The van der Waals surface area contributed by atoms with Crippen LogP contribution in [-0.2, 0) is 19.5 Å². The van der Waals surface area contributed by atoms with Crippen molar-refractivity contribution < 1.29 is 4.42 Å². The Balaban J connectivity index is 1.62. The zero-order valence-electron chi connectivity index (χ0n) is 13.0. The van der Waals surface area contributed by atoms with Gasteiger partial charge in [0.2, 0.25) is 0 Å². The summed E-state index contributed by atoms with van der Waals surface area (Å²) in [5.41, 5.74) is 2.58. The molecule has 1 N–H and O–H groups in total. The van der Waals surface area contributed by atoms with E-state index in [-0.39, 0.29) is 5.56 Å². The fourth-order valence-electron chi connectivity index (χ4n) is 3.03. The van der Waals surface area contributed by atoms with Crippen molar-refractivity contribution in [2.75, 3.05) is 6.54 Å². The van der Waals surface area contributed by atoms with Crippen molar-refractivity contribution >= 4 is 11.6 Å². The summed E-state index contributed by atoms with van der Waals surface area (Å²) in [6.45, 7) is 2.17. The van der Waals surface area contributed by atoms with Crippen LogP contribution in [0.25, 0.3) is 11.6 Å². The summed E-state index contributed by atoms with van der Waals surface area (Å²) in [4.78, 5) is 22.0. The Hall–Kier alpha value is -2.37. The van der Waals surface area contributed by atoms with Crippen molar-refractivity contribution in [3.63, 3.8) is 0 Å². The van der Waals surface area contributed by atoms with E-state index in [1.165, 1.54) is 0 Å². The first-order valence-corrected chi connectivity index (χ1v) is 8.20. The number of aromatic amines is 1. The van der Waals surface area contributed by atoms with Crippen LogP contribution in [0.1, 0.15) is 16.8 Å². The average Bonchev–Trinajstić information content (AvgIpc) is 3.11. The molecule has 0 spiro atoms. The fraction of sp³-hybridized carbons (Fsp3) is 0.222. The molecule has 5 nitrogen and oxygen atoms in total. The Morgan fingerprint density at radius 3 is 2.92 bits per heavy atom. The Morgan fingerprint density at radius 1 is 1.25 bits per heavy atom. The number of fused-ring (bicyclic) bond motifs is 1. The molecule has 0 radical (unpaired) electrons. The van der Waals surface area contributed by atoms with Crippen LogP contribution in [-0.4, -0.2) is 21.4 Å². The van der Waals surface area contributed by atoms with Gasteiger partial charge in [0.25, 0.3) is 5.56 Å². The van der Waals surface area contributed by atoms with Crippen LogP contribution in [0.3, 0.4) is 0 Å². The highest BCUT2D eigenvalue weighted by Gasteiger charge is 2.22. The lowest BCUT2D eigenvalue weighted by Gasteiger charge is -2.27. The second-order valence-corrected chi connectivity index (χ2v) is 6.28. The molecule has 4 rings (SSSR count). The summed E-state index contributed by atoms with van der Waals surface area (Å²) in [7, 11) is 0. The first kappa shape index (κ1) is 15.2. The monoisotopic (exact) mass is 341 g/mol. The van der Waals surface area contributed by atoms with Gasteiger partial charge in [0.05, 0.1) is 12.0 Å². The molecule has 122 valence electrons. The minimum absolute atomic E-state index is 0.0798. The lowest BCUT2D eigenvalue weighted by molar-refractivity contribution is 0.240. The van der Waals surface area contributed by atoms with Crippen molar-refractivity contribution in [1.29, 1.82) is 0 Å². The third-order valence-corrected chi connectivity index (χ3v) is 4.63. The summed E-state index contributed by atoms with van der Waals surface area (Å²) >= 11 is 6.25. The minimum Gasteiger partial charge on any atom is -0.461 e. The number of rotatable bonds is 3. The van der Waals surface area contributed by atoms with Gasteiger partial charge in [-0.2, -0.15) is 0 Å². The molecule has 0 bridgehead atoms. The molecule has 0 saturated heterocycles. The molecule has 24 heavy (non-hydrogen) atoms. The van der Waals surface area contributed by atoms with Crippen molar-refractivity contribution in [3.05, 3.63) is 74.9 Å². The van der Waals surface area contributed by atoms with Crippen LogP contribution in [0, 0.1) is 0 Å². The zero-order valence-corrected chi connectivity index (χ0v) is 13.7. The SMILES string of the molecule is O=c1[nH]c(-c2ccco2)nc2c1CCN(Cc1ccccc1Cl)C2. The van der Waals surface area contributed by atoms with Crippen LogP contribution < -0.4 is 5.56 Å². The molecule has 0 saturated carbocycles. The van der Waals surface area contributed by atoms with E-state index in [1.54, 1.807) is 18.4 Å². The van der Waals surface area contributed by atoms with E-state index in [2.05, 4.69) is 14.9 Å².